The second-order valence-electron chi connectivity index (χ2n) is 3.74. The highest BCUT2D eigenvalue weighted by Gasteiger charge is 2.09. The number of aliphatic hydroxyl groups excluding tert-OH is 2. The molecule has 1 aromatic heterocycles. The maximum Gasteiger partial charge on any atom is 0.336 e. The van der Waals surface area contributed by atoms with E-state index in [1.54, 1.807) is 12.1 Å². The van der Waals surface area contributed by atoms with Crippen molar-refractivity contribution in [3.63, 3.8) is 0 Å². The molecule has 0 aliphatic carbocycles. The van der Waals surface area contributed by atoms with Gasteiger partial charge in [0.25, 0.3) is 0 Å². The highest BCUT2D eigenvalue weighted by Crippen LogP contribution is 2.32. The fraction of sp³-hybridized carbons (Fsp3) is 0.308. The second kappa shape index (κ2) is 6.21. The zero-order chi connectivity index (χ0) is 13.7. The van der Waals surface area contributed by atoms with Crippen molar-refractivity contribution >= 4 is 11.0 Å². The van der Waals surface area contributed by atoms with Crippen LogP contribution in [0.1, 0.15) is 0 Å². The Morgan fingerprint density at radius 2 is 1.63 bits per heavy atom. The lowest BCUT2D eigenvalue weighted by Crippen LogP contribution is -2.07. The van der Waals surface area contributed by atoms with E-state index < -0.39 is 5.63 Å². The zero-order valence-corrected chi connectivity index (χ0v) is 10.2. The van der Waals surface area contributed by atoms with Gasteiger partial charge < -0.3 is 24.1 Å². The number of aliphatic hydroxyl groups is 2. The largest absolute Gasteiger partial charge is 0.487 e. The van der Waals surface area contributed by atoms with Crippen LogP contribution in [0.25, 0.3) is 11.0 Å². The molecule has 0 spiro atoms. The Hall–Kier alpha value is -2.05. The molecule has 2 N–H and O–H groups in total. The van der Waals surface area contributed by atoms with Gasteiger partial charge in [-0.1, -0.05) is 0 Å². The van der Waals surface area contributed by atoms with Crippen LogP contribution < -0.4 is 15.1 Å². The van der Waals surface area contributed by atoms with E-state index >= 15 is 0 Å². The minimum atomic E-state index is -0.454. The van der Waals surface area contributed by atoms with Crippen LogP contribution in [0.2, 0.25) is 0 Å². The van der Waals surface area contributed by atoms with Crippen molar-refractivity contribution in [3.05, 3.63) is 34.7 Å². The van der Waals surface area contributed by atoms with Crippen LogP contribution in [-0.2, 0) is 0 Å². The van der Waals surface area contributed by atoms with E-state index in [2.05, 4.69) is 0 Å². The molecule has 2 rings (SSSR count). The highest BCUT2D eigenvalue weighted by atomic mass is 16.5. The number of rotatable bonds is 6. The van der Waals surface area contributed by atoms with Gasteiger partial charge in [-0.05, 0) is 12.1 Å². The molecular weight excluding hydrogens is 252 g/mol. The monoisotopic (exact) mass is 266 g/mol. The van der Waals surface area contributed by atoms with Crippen molar-refractivity contribution in [1.82, 2.24) is 0 Å². The molecule has 0 bridgehead atoms. The molecule has 6 nitrogen and oxygen atoms in total. The number of benzene rings is 1. The average molecular weight is 266 g/mol. The van der Waals surface area contributed by atoms with Crippen molar-refractivity contribution < 1.29 is 24.1 Å². The number of fused-ring (bicyclic) bond motifs is 1. The van der Waals surface area contributed by atoms with Crippen LogP contribution in [0, 0.1) is 0 Å². The third-order valence-electron chi connectivity index (χ3n) is 2.38. The van der Waals surface area contributed by atoms with E-state index in [0.29, 0.717) is 22.5 Å². The Morgan fingerprint density at radius 1 is 1.00 bits per heavy atom. The maximum absolute atomic E-state index is 11.2. The van der Waals surface area contributed by atoms with Crippen molar-refractivity contribution in [2.45, 2.75) is 0 Å². The Kier molecular flexibility index (Phi) is 4.38. The summed E-state index contributed by atoms with van der Waals surface area (Å²) >= 11 is 0. The standard InChI is InChI=1S/C13H14O6/c14-3-5-17-11-7-9-1-2-13(16)19-10(9)8-12(11)18-6-4-15/h1-2,7-8,14-15H,3-6H2. The highest BCUT2D eigenvalue weighted by molar-refractivity contribution is 5.80. The first-order chi connectivity index (χ1) is 9.24. The molecule has 2 aromatic rings. The van der Waals surface area contributed by atoms with Gasteiger partial charge in [-0.25, -0.2) is 4.79 Å². The van der Waals surface area contributed by atoms with Gasteiger partial charge in [-0.2, -0.15) is 0 Å². The first-order valence-corrected chi connectivity index (χ1v) is 5.80. The van der Waals surface area contributed by atoms with Gasteiger partial charge in [0, 0.05) is 17.5 Å². The van der Waals surface area contributed by atoms with Gasteiger partial charge >= 0.3 is 5.63 Å². The van der Waals surface area contributed by atoms with Crippen molar-refractivity contribution in [1.29, 1.82) is 0 Å². The van der Waals surface area contributed by atoms with Crippen LogP contribution in [0.4, 0.5) is 0 Å². The zero-order valence-electron chi connectivity index (χ0n) is 10.2. The predicted molar refractivity (Wildman–Crippen MR) is 67.6 cm³/mol. The number of hydrogen-bond donors (Lipinski definition) is 2. The summed E-state index contributed by atoms with van der Waals surface area (Å²) < 4.78 is 15.7. The van der Waals surface area contributed by atoms with Crippen molar-refractivity contribution in [3.8, 4) is 11.5 Å². The molecule has 0 radical (unpaired) electrons. The Morgan fingerprint density at radius 3 is 2.26 bits per heavy atom. The molecule has 1 aromatic carbocycles. The lowest BCUT2D eigenvalue weighted by Gasteiger charge is -2.12. The molecule has 0 saturated carbocycles. The van der Waals surface area contributed by atoms with E-state index in [9.17, 15) is 4.79 Å². The molecule has 0 fully saturated rings. The Balaban J connectivity index is 2.43. The SMILES string of the molecule is O=c1ccc2cc(OCCO)c(OCCO)cc2o1. The topological polar surface area (TPSA) is 89.1 Å². The third-order valence-corrected chi connectivity index (χ3v) is 2.38. The second-order valence-corrected chi connectivity index (χ2v) is 3.74. The lowest BCUT2D eigenvalue weighted by atomic mass is 10.2. The van der Waals surface area contributed by atoms with E-state index in [4.69, 9.17) is 24.1 Å². The predicted octanol–water partition coefficient (Wildman–Crippen LogP) is 0.535. The Bertz CT molecular complexity index is 604. The van der Waals surface area contributed by atoms with Crippen LogP contribution in [0.5, 0.6) is 11.5 Å². The summed E-state index contributed by atoms with van der Waals surface area (Å²) in [4.78, 5) is 11.2. The van der Waals surface area contributed by atoms with Crippen molar-refractivity contribution in [2.75, 3.05) is 26.4 Å². The molecular formula is C13H14O6. The summed E-state index contributed by atoms with van der Waals surface area (Å²) in [6, 6.07) is 6.11. The normalized spacial score (nSPS) is 10.6. The lowest BCUT2D eigenvalue weighted by molar-refractivity contribution is 0.178. The molecule has 1 heterocycles. The molecule has 19 heavy (non-hydrogen) atoms. The number of ether oxygens (including phenoxy) is 2. The van der Waals surface area contributed by atoms with Crippen LogP contribution in [-0.4, -0.2) is 36.6 Å². The van der Waals surface area contributed by atoms with Gasteiger partial charge in [-0.15, -0.1) is 0 Å². The molecule has 0 aliphatic heterocycles. The van der Waals surface area contributed by atoms with Crippen LogP contribution in [0.15, 0.2) is 33.5 Å². The first kappa shape index (κ1) is 13.4. The fourth-order valence-electron chi connectivity index (χ4n) is 1.61. The molecule has 0 atom stereocenters. The summed E-state index contributed by atoms with van der Waals surface area (Å²) in [6.45, 7) is -0.0482. The minimum absolute atomic E-state index is 0.0953. The van der Waals surface area contributed by atoms with E-state index in [0.717, 1.165) is 0 Å². The van der Waals surface area contributed by atoms with Gasteiger partial charge in [0.15, 0.2) is 11.5 Å². The van der Waals surface area contributed by atoms with E-state index in [1.807, 2.05) is 0 Å². The van der Waals surface area contributed by atoms with E-state index in [-0.39, 0.29) is 26.4 Å². The summed E-state index contributed by atoms with van der Waals surface area (Å²) in [6.07, 6.45) is 0. The first-order valence-electron chi connectivity index (χ1n) is 5.80. The summed E-state index contributed by atoms with van der Waals surface area (Å²) in [7, 11) is 0. The van der Waals surface area contributed by atoms with Gasteiger partial charge in [-0.3, -0.25) is 0 Å². The summed E-state index contributed by atoms with van der Waals surface area (Å²) in [5.41, 5.74) is -0.0820. The average Bonchev–Trinajstić information content (AvgIpc) is 2.42. The summed E-state index contributed by atoms with van der Waals surface area (Å²) in [5.74, 6) is 0.771. The molecule has 6 heteroatoms. The maximum atomic E-state index is 11.2. The van der Waals surface area contributed by atoms with Crippen molar-refractivity contribution in [2.24, 2.45) is 0 Å². The molecule has 0 unspecified atom stereocenters. The smallest absolute Gasteiger partial charge is 0.336 e. The van der Waals surface area contributed by atoms with Gasteiger partial charge in [0.1, 0.15) is 18.8 Å². The summed E-state index contributed by atoms with van der Waals surface area (Å²) in [5, 5.41) is 18.2. The quantitative estimate of drug-likeness (QED) is 0.742. The Labute approximate surface area is 108 Å². The third kappa shape index (κ3) is 3.24. The molecule has 0 aliphatic rings. The van der Waals surface area contributed by atoms with Gasteiger partial charge in [0.2, 0.25) is 0 Å². The fourth-order valence-corrected chi connectivity index (χ4v) is 1.61. The molecule has 0 saturated heterocycles. The minimum Gasteiger partial charge on any atom is -0.487 e. The number of hydrogen-bond acceptors (Lipinski definition) is 6. The van der Waals surface area contributed by atoms with Crippen LogP contribution in [0.3, 0.4) is 0 Å². The molecule has 0 amide bonds. The van der Waals surface area contributed by atoms with Crippen LogP contribution >= 0.6 is 0 Å². The van der Waals surface area contributed by atoms with Gasteiger partial charge in [0.05, 0.1) is 13.2 Å². The van der Waals surface area contributed by atoms with E-state index in [1.165, 1.54) is 12.1 Å². The molecule has 102 valence electrons.